The van der Waals surface area contributed by atoms with Crippen molar-refractivity contribution >= 4 is 17.6 Å². The normalized spacial score (nSPS) is 16.5. The number of carbonyl (C=O) groups excluding carboxylic acids is 2. The second kappa shape index (κ2) is 7.18. The molecule has 1 aliphatic rings. The van der Waals surface area contributed by atoms with Crippen molar-refractivity contribution in [1.29, 1.82) is 0 Å². The average molecular weight is 353 g/mol. The highest BCUT2D eigenvalue weighted by atomic mass is 16.5. The molecule has 0 saturated heterocycles. The van der Waals surface area contributed by atoms with Gasteiger partial charge in [-0.3, -0.25) is 4.79 Å². The molecule has 134 valence electrons. The third kappa shape index (κ3) is 3.46. The van der Waals surface area contributed by atoms with Crippen LogP contribution in [0.4, 0.5) is 10.5 Å². The van der Waals surface area contributed by atoms with Crippen LogP contribution in [0.3, 0.4) is 0 Å². The Kier molecular flexibility index (Phi) is 4.79. The number of benzene rings is 2. The largest absolute Gasteiger partial charge is 0.508 e. The highest BCUT2D eigenvalue weighted by molar-refractivity contribution is 6.07. The maximum Gasteiger partial charge on any atom is 0.319 e. The quantitative estimate of drug-likeness (QED) is 0.679. The summed E-state index contributed by atoms with van der Waals surface area (Å²) in [7, 11) is 1.52. The van der Waals surface area contributed by atoms with Crippen molar-refractivity contribution in [3.8, 4) is 11.5 Å². The molecule has 0 spiro atoms. The lowest BCUT2D eigenvalue weighted by Gasteiger charge is -2.28. The third-order valence-corrected chi connectivity index (χ3v) is 4.07. The Morgan fingerprint density at radius 3 is 2.69 bits per heavy atom. The molecule has 4 N–H and O–H groups in total. The van der Waals surface area contributed by atoms with Gasteiger partial charge in [-0.15, -0.1) is 0 Å². The van der Waals surface area contributed by atoms with E-state index in [1.54, 1.807) is 43.3 Å². The molecule has 0 unspecified atom stereocenters. The molecule has 0 saturated carbocycles. The fourth-order valence-corrected chi connectivity index (χ4v) is 2.89. The Morgan fingerprint density at radius 1 is 1.19 bits per heavy atom. The van der Waals surface area contributed by atoms with Crippen molar-refractivity contribution in [1.82, 2.24) is 10.6 Å². The van der Waals surface area contributed by atoms with Crippen molar-refractivity contribution < 1.29 is 19.4 Å². The van der Waals surface area contributed by atoms with E-state index in [1.165, 1.54) is 19.2 Å². The van der Waals surface area contributed by atoms with E-state index in [0.29, 0.717) is 28.3 Å². The summed E-state index contributed by atoms with van der Waals surface area (Å²) in [5.74, 6) is 0.200. The zero-order valence-corrected chi connectivity index (χ0v) is 14.4. The first-order valence-corrected chi connectivity index (χ1v) is 8.01. The van der Waals surface area contributed by atoms with Gasteiger partial charge < -0.3 is 25.8 Å². The number of hydrogen-bond donors (Lipinski definition) is 4. The summed E-state index contributed by atoms with van der Waals surface area (Å²) in [6.07, 6.45) is 0. The van der Waals surface area contributed by atoms with Crippen LogP contribution < -0.4 is 20.7 Å². The van der Waals surface area contributed by atoms with Crippen LogP contribution in [-0.4, -0.2) is 24.2 Å². The molecule has 7 nitrogen and oxygen atoms in total. The lowest BCUT2D eigenvalue weighted by molar-refractivity contribution is -0.113. The molecule has 0 fully saturated rings. The summed E-state index contributed by atoms with van der Waals surface area (Å²) in [5.41, 5.74) is 1.91. The van der Waals surface area contributed by atoms with Gasteiger partial charge in [0.25, 0.3) is 5.91 Å². The zero-order valence-electron chi connectivity index (χ0n) is 14.4. The Labute approximate surface area is 150 Å². The standard InChI is InChI=1S/C19H19N3O4/c1-11-16(18(24)21-14-8-3-4-9-15(14)26-2)17(22-19(25)20-11)12-6-5-7-13(23)10-12/h3-10,17,23H,1-2H3,(H,21,24)(H2,20,22,25)/t17-/m1/s1. The number of allylic oxidation sites excluding steroid dienone is 1. The highest BCUT2D eigenvalue weighted by Gasteiger charge is 2.31. The minimum Gasteiger partial charge on any atom is -0.508 e. The van der Waals surface area contributed by atoms with E-state index in [0.717, 1.165) is 0 Å². The Bertz CT molecular complexity index is 892. The zero-order chi connectivity index (χ0) is 18.7. The van der Waals surface area contributed by atoms with Crippen molar-refractivity contribution in [3.63, 3.8) is 0 Å². The first kappa shape index (κ1) is 17.3. The number of anilines is 1. The van der Waals surface area contributed by atoms with Gasteiger partial charge in [0.05, 0.1) is 24.4 Å². The number of urea groups is 1. The summed E-state index contributed by atoms with van der Waals surface area (Å²) >= 11 is 0. The Balaban J connectivity index is 1.97. The fraction of sp³-hybridized carbons (Fsp3) is 0.158. The SMILES string of the molecule is COc1ccccc1NC(=O)C1=C(C)NC(=O)N[C@@H]1c1cccc(O)c1. The summed E-state index contributed by atoms with van der Waals surface area (Å²) in [5, 5.41) is 17.9. The number of rotatable bonds is 4. The number of para-hydroxylation sites is 2. The molecule has 0 aliphatic carbocycles. The number of phenols is 1. The number of ether oxygens (including phenoxy) is 1. The molecule has 26 heavy (non-hydrogen) atoms. The number of amides is 3. The molecule has 1 heterocycles. The van der Waals surface area contributed by atoms with Crippen LogP contribution in [0.5, 0.6) is 11.5 Å². The fourth-order valence-electron chi connectivity index (χ4n) is 2.89. The maximum absolute atomic E-state index is 12.9. The van der Waals surface area contributed by atoms with Crippen LogP contribution in [0.2, 0.25) is 0 Å². The van der Waals surface area contributed by atoms with E-state index in [-0.39, 0.29) is 11.7 Å². The van der Waals surface area contributed by atoms with Gasteiger partial charge in [0.15, 0.2) is 0 Å². The average Bonchev–Trinajstić information content (AvgIpc) is 2.61. The Hall–Kier alpha value is -3.48. The lowest BCUT2D eigenvalue weighted by atomic mass is 9.94. The topological polar surface area (TPSA) is 99.7 Å². The van der Waals surface area contributed by atoms with Gasteiger partial charge in [-0.25, -0.2) is 4.79 Å². The summed E-state index contributed by atoms with van der Waals surface area (Å²) in [6, 6.07) is 12.4. The van der Waals surface area contributed by atoms with Crippen molar-refractivity contribution in [2.24, 2.45) is 0 Å². The lowest BCUT2D eigenvalue weighted by Crippen LogP contribution is -2.45. The van der Waals surface area contributed by atoms with Crippen LogP contribution in [0.1, 0.15) is 18.5 Å². The van der Waals surface area contributed by atoms with Crippen molar-refractivity contribution in [2.45, 2.75) is 13.0 Å². The van der Waals surface area contributed by atoms with Crippen LogP contribution in [0.15, 0.2) is 59.8 Å². The van der Waals surface area contributed by atoms with E-state index in [9.17, 15) is 14.7 Å². The molecule has 0 aromatic heterocycles. The second-order valence-electron chi connectivity index (χ2n) is 5.82. The number of phenolic OH excluding ortho intramolecular Hbond substituents is 1. The third-order valence-electron chi connectivity index (χ3n) is 4.07. The van der Waals surface area contributed by atoms with Crippen molar-refractivity contribution in [3.05, 3.63) is 65.4 Å². The summed E-state index contributed by atoms with van der Waals surface area (Å²) in [4.78, 5) is 24.8. The summed E-state index contributed by atoms with van der Waals surface area (Å²) in [6.45, 7) is 1.66. The number of carbonyl (C=O) groups is 2. The van der Waals surface area contributed by atoms with Crippen LogP contribution in [0, 0.1) is 0 Å². The van der Waals surface area contributed by atoms with Gasteiger partial charge in [-0.05, 0) is 36.8 Å². The predicted octanol–water partition coefficient (Wildman–Crippen LogP) is 2.67. The van der Waals surface area contributed by atoms with Gasteiger partial charge in [0, 0.05) is 5.70 Å². The molecular weight excluding hydrogens is 334 g/mol. The molecular formula is C19H19N3O4. The van der Waals surface area contributed by atoms with Gasteiger partial charge in [0.1, 0.15) is 11.5 Å². The highest BCUT2D eigenvalue weighted by Crippen LogP contribution is 2.31. The molecule has 7 heteroatoms. The van der Waals surface area contributed by atoms with Crippen molar-refractivity contribution in [2.75, 3.05) is 12.4 Å². The maximum atomic E-state index is 12.9. The molecule has 1 aliphatic heterocycles. The molecule has 2 aromatic carbocycles. The smallest absolute Gasteiger partial charge is 0.319 e. The monoisotopic (exact) mass is 353 g/mol. The molecule has 0 radical (unpaired) electrons. The predicted molar refractivity (Wildman–Crippen MR) is 96.8 cm³/mol. The number of methoxy groups -OCH3 is 1. The van der Waals surface area contributed by atoms with E-state index in [4.69, 9.17) is 4.74 Å². The Morgan fingerprint density at radius 2 is 1.96 bits per heavy atom. The first-order chi connectivity index (χ1) is 12.5. The minimum absolute atomic E-state index is 0.0532. The molecule has 3 rings (SSSR count). The van der Waals surface area contributed by atoms with Gasteiger partial charge in [0.2, 0.25) is 0 Å². The number of nitrogens with one attached hydrogen (secondary N) is 3. The summed E-state index contributed by atoms with van der Waals surface area (Å²) < 4.78 is 5.26. The first-order valence-electron chi connectivity index (χ1n) is 8.01. The molecule has 3 amide bonds. The molecule has 2 aromatic rings. The van der Waals surface area contributed by atoms with E-state index in [1.807, 2.05) is 0 Å². The molecule has 1 atom stereocenters. The number of aromatic hydroxyl groups is 1. The van der Waals surface area contributed by atoms with Gasteiger partial charge >= 0.3 is 6.03 Å². The van der Waals surface area contributed by atoms with Gasteiger partial charge in [-0.1, -0.05) is 24.3 Å². The second-order valence-corrected chi connectivity index (χ2v) is 5.82. The van der Waals surface area contributed by atoms with Gasteiger partial charge in [-0.2, -0.15) is 0 Å². The van der Waals surface area contributed by atoms with Crippen LogP contribution in [-0.2, 0) is 4.79 Å². The van der Waals surface area contributed by atoms with Crippen LogP contribution >= 0.6 is 0 Å². The van der Waals surface area contributed by atoms with E-state index < -0.39 is 12.1 Å². The number of hydrogen-bond acceptors (Lipinski definition) is 4. The van der Waals surface area contributed by atoms with Crippen LogP contribution in [0.25, 0.3) is 0 Å². The molecule has 0 bridgehead atoms. The van der Waals surface area contributed by atoms with E-state index in [2.05, 4.69) is 16.0 Å². The van der Waals surface area contributed by atoms with E-state index >= 15 is 0 Å². The minimum atomic E-state index is -0.689.